The van der Waals surface area contributed by atoms with E-state index in [2.05, 4.69) is 4.98 Å². The minimum atomic E-state index is -3.07. The molecular formula is C9H14N2O3S2. The lowest BCUT2D eigenvalue weighted by atomic mass is 9.80. The minimum Gasteiger partial charge on any atom is -0.386 e. The monoisotopic (exact) mass is 262 g/mol. The summed E-state index contributed by atoms with van der Waals surface area (Å²) in [7, 11) is -3.07. The molecule has 0 aliphatic carbocycles. The van der Waals surface area contributed by atoms with Crippen LogP contribution in [0.25, 0.3) is 0 Å². The highest BCUT2D eigenvalue weighted by molar-refractivity contribution is 7.91. The van der Waals surface area contributed by atoms with Crippen LogP contribution < -0.4 is 5.73 Å². The standard InChI is InChI=1S/C9H14N2O3S2/c10-4-9(1-2-16(13,14)5-9)8(12)7-3-15-6-11-7/h3,6,8,12H,1-2,4-5,10H2. The second-order valence-corrected chi connectivity index (χ2v) is 7.13. The molecule has 0 spiro atoms. The molecule has 0 aromatic carbocycles. The van der Waals surface area contributed by atoms with Crippen LogP contribution in [0.3, 0.4) is 0 Å². The summed E-state index contributed by atoms with van der Waals surface area (Å²) in [5, 5.41) is 11.9. The lowest BCUT2D eigenvalue weighted by Gasteiger charge is -2.30. The van der Waals surface area contributed by atoms with E-state index in [1.54, 1.807) is 10.9 Å². The van der Waals surface area contributed by atoms with Gasteiger partial charge in [0, 0.05) is 17.3 Å². The molecule has 2 unspecified atom stereocenters. The summed E-state index contributed by atoms with van der Waals surface area (Å²) in [5.74, 6) is 0.0561. The Morgan fingerprint density at radius 3 is 2.88 bits per heavy atom. The Labute approximate surface area is 98.2 Å². The van der Waals surface area contributed by atoms with Crippen molar-refractivity contribution in [3.63, 3.8) is 0 Å². The van der Waals surface area contributed by atoms with Crippen LogP contribution in [0, 0.1) is 5.41 Å². The van der Waals surface area contributed by atoms with Crippen LogP contribution >= 0.6 is 11.3 Å². The number of nitrogens with zero attached hydrogens (tertiary/aromatic N) is 1. The highest BCUT2D eigenvalue weighted by Gasteiger charge is 2.47. The Hall–Kier alpha value is -0.500. The first-order valence-electron chi connectivity index (χ1n) is 4.96. The Kier molecular flexibility index (Phi) is 3.04. The molecule has 1 fully saturated rings. The van der Waals surface area contributed by atoms with Crippen LogP contribution in [-0.4, -0.2) is 36.6 Å². The van der Waals surface area contributed by atoms with Crippen molar-refractivity contribution >= 4 is 21.2 Å². The summed E-state index contributed by atoms with van der Waals surface area (Å²) in [4.78, 5) is 4.02. The third-order valence-corrected chi connectivity index (χ3v) is 5.58. The van der Waals surface area contributed by atoms with E-state index in [-0.39, 0.29) is 18.1 Å². The molecule has 1 aromatic heterocycles. The van der Waals surface area contributed by atoms with E-state index >= 15 is 0 Å². The summed E-state index contributed by atoms with van der Waals surface area (Å²) < 4.78 is 23.0. The fourth-order valence-electron chi connectivity index (χ4n) is 2.10. The number of aliphatic hydroxyl groups is 1. The number of rotatable bonds is 3. The van der Waals surface area contributed by atoms with Gasteiger partial charge >= 0.3 is 0 Å². The first-order valence-corrected chi connectivity index (χ1v) is 7.72. The second-order valence-electron chi connectivity index (χ2n) is 4.22. The van der Waals surface area contributed by atoms with Crippen molar-refractivity contribution in [2.24, 2.45) is 11.1 Å². The largest absolute Gasteiger partial charge is 0.386 e. The molecule has 2 atom stereocenters. The summed E-state index contributed by atoms with van der Waals surface area (Å²) in [6, 6.07) is 0. The maximum absolute atomic E-state index is 11.5. The Morgan fingerprint density at radius 1 is 1.69 bits per heavy atom. The maximum atomic E-state index is 11.5. The minimum absolute atomic E-state index is 0.0464. The SMILES string of the molecule is NCC1(C(O)c2cscn2)CCS(=O)(=O)C1. The molecule has 2 heterocycles. The van der Waals surface area contributed by atoms with Gasteiger partial charge in [-0.15, -0.1) is 11.3 Å². The lowest BCUT2D eigenvalue weighted by molar-refractivity contribution is 0.0442. The van der Waals surface area contributed by atoms with Gasteiger partial charge in [-0.2, -0.15) is 0 Å². The molecule has 2 rings (SSSR count). The maximum Gasteiger partial charge on any atom is 0.151 e. The van der Waals surface area contributed by atoms with Crippen LogP contribution in [0.15, 0.2) is 10.9 Å². The van der Waals surface area contributed by atoms with Crippen LogP contribution in [-0.2, 0) is 9.84 Å². The topological polar surface area (TPSA) is 93.3 Å². The predicted octanol–water partition coefficient (Wildman–Crippen LogP) is -0.0599. The predicted molar refractivity (Wildman–Crippen MR) is 61.8 cm³/mol. The Bertz CT molecular complexity index is 457. The van der Waals surface area contributed by atoms with E-state index in [4.69, 9.17) is 5.73 Å². The van der Waals surface area contributed by atoms with Gasteiger partial charge in [-0.3, -0.25) is 0 Å². The van der Waals surface area contributed by atoms with Crippen LogP contribution in [0.1, 0.15) is 18.2 Å². The first kappa shape index (κ1) is 12.0. The molecular weight excluding hydrogens is 248 g/mol. The number of hydrogen-bond acceptors (Lipinski definition) is 6. The van der Waals surface area contributed by atoms with Gasteiger partial charge in [0.15, 0.2) is 9.84 Å². The van der Waals surface area contributed by atoms with Crippen molar-refractivity contribution in [2.45, 2.75) is 12.5 Å². The van der Waals surface area contributed by atoms with E-state index < -0.39 is 21.4 Å². The molecule has 5 nitrogen and oxygen atoms in total. The molecule has 0 saturated carbocycles. The van der Waals surface area contributed by atoms with E-state index in [1.165, 1.54) is 11.3 Å². The van der Waals surface area contributed by atoms with Crippen molar-refractivity contribution in [3.05, 3.63) is 16.6 Å². The average molecular weight is 262 g/mol. The van der Waals surface area contributed by atoms with Crippen molar-refractivity contribution in [2.75, 3.05) is 18.1 Å². The highest BCUT2D eigenvalue weighted by atomic mass is 32.2. The molecule has 1 aromatic rings. The zero-order chi connectivity index (χ0) is 11.8. The van der Waals surface area contributed by atoms with Gasteiger partial charge in [0.05, 0.1) is 22.7 Å². The van der Waals surface area contributed by atoms with E-state index in [1.807, 2.05) is 0 Å². The fourth-order valence-corrected chi connectivity index (χ4v) is 4.83. The van der Waals surface area contributed by atoms with E-state index in [0.717, 1.165) is 0 Å². The molecule has 1 aliphatic heterocycles. The molecule has 0 radical (unpaired) electrons. The van der Waals surface area contributed by atoms with Gasteiger partial charge < -0.3 is 10.8 Å². The third-order valence-electron chi connectivity index (χ3n) is 3.14. The summed E-state index contributed by atoms with van der Waals surface area (Å²) in [6.45, 7) is 0.158. The smallest absolute Gasteiger partial charge is 0.151 e. The zero-order valence-corrected chi connectivity index (χ0v) is 10.3. The highest BCUT2D eigenvalue weighted by Crippen LogP contribution is 2.42. The normalized spacial score (nSPS) is 30.4. The van der Waals surface area contributed by atoms with Gasteiger partial charge in [-0.1, -0.05) is 0 Å². The summed E-state index contributed by atoms with van der Waals surface area (Å²) >= 11 is 1.37. The van der Waals surface area contributed by atoms with Crippen molar-refractivity contribution in [1.29, 1.82) is 0 Å². The van der Waals surface area contributed by atoms with Crippen LogP contribution in [0.5, 0.6) is 0 Å². The molecule has 0 bridgehead atoms. The van der Waals surface area contributed by atoms with Gasteiger partial charge in [-0.25, -0.2) is 13.4 Å². The third kappa shape index (κ3) is 2.00. The van der Waals surface area contributed by atoms with Crippen LogP contribution in [0.4, 0.5) is 0 Å². The zero-order valence-electron chi connectivity index (χ0n) is 8.67. The van der Waals surface area contributed by atoms with Crippen molar-refractivity contribution < 1.29 is 13.5 Å². The van der Waals surface area contributed by atoms with E-state index in [9.17, 15) is 13.5 Å². The molecule has 1 aliphatic rings. The number of sulfone groups is 1. The van der Waals surface area contributed by atoms with Crippen molar-refractivity contribution in [1.82, 2.24) is 4.98 Å². The van der Waals surface area contributed by atoms with Gasteiger partial charge in [0.2, 0.25) is 0 Å². The van der Waals surface area contributed by atoms with E-state index in [0.29, 0.717) is 12.1 Å². The van der Waals surface area contributed by atoms with Crippen LogP contribution in [0.2, 0.25) is 0 Å². The number of nitrogens with two attached hydrogens (primary N) is 1. The second kappa shape index (κ2) is 4.06. The quantitative estimate of drug-likeness (QED) is 0.796. The number of aliphatic hydroxyl groups excluding tert-OH is 1. The first-order chi connectivity index (χ1) is 7.49. The molecule has 0 amide bonds. The number of hydrogen-bond donors (Lipinski definition) is 2. The molecule has 1 saturated heterocycles. The fraction of sp³-hybridized carbons (Fsp3) is 0.667. The molecule has 3 N–H and O–H groups in total. The van der Waals surface area contributed by atoms with Gasteiger partial charge in [-0.05, 0) is 6.42 Å². The van der Waals surface area contributed by atoms with Gasteiger partial charge in [0.1, 0.15) is 6.10 Å². The Balaban J connectivity index is 2.30. The lowest BCUT2D eigenvalue weighted by Crippen LogP contribution is -2.38. The van der Waals surface area contributed by atoms with Crippen molar-refractivity contribution in [3.8, 4) is 0 Å². The van der Waals surface area contributed by atoms with Gasteiger partial charge in [0.25, 0.3) is 0 Å². The molecule has 90 valence electrons. The number of thiazole rings is 1. The average Bonchev–Trinajstić information content (AvgIpc) is 2.85. The number of aromatic nitrogens is 1. The molecule has 7 heteroatoms. The summed E-state index contributed by atoms with van der Waals surface area (Å²) in [6.07, 6.45) is -0.481. The molecule has 16 heavy (non-hydrogen) atoms. The summed E-state index contributed by atoms with van der Waals surface area (Å²) in [5.41, 5.74) is 7.03. The Morgan fingerprint density at radius 2 is 2.44 bits per heavy atom.